The van der Waals surface area contributed by atoms with E-state index in [4.69, 9.17) is 10.2 Å². The fourth-order valence-corrected chi connectivity index (χ4v) is 1.34. The molecule has 0 bridgehead atoms. The molecular formula is C11H18N2O2. The average Bonchev–Trinajstić information content (AvgIpc) is 2.62. The van der Waals surface area contributed by atoms with Crippen molar-refractivity contribution in [1.29, 1.82) is 0 Å². The summed E-state index contributed by atoms with van der Waals surface area (Å²) in [5.41, 5.74) is 5.77. The van der Waals surface area contributed by atoms with Gasteiger partial charge in [-0.25, -0.2) is 0 Å². The second kappa shape index (κ2) is 5.56. The van der Waals surface area contributed by atoms with Crippen molar-refractivity contribution in [2.45, 2.75) is 32.7 Å². The number of furan rings is 1. The van der Waals surface area contributed by atoms with Gasteiger partial charge in [0.05, 0.1) is 0 Å². The van der Waals surface area contributed by atoms with Gasteiger partial charge in [-0.2, -0.15) is 0 Å². The Morgan fingerprint density at radius 3 is 2.87 bits per heavy atom. The van der Waals surface area contributed by atoms with E-state index in [0.29, 0.717) is 12.3 Å². The number of rotatable bonds is 5. The van der Waals surface area contributed by atoms with Crippen LogP contribution in [-0.4, -0.2) is 18.5 Å². The Kier molecular flexibility index (Phi) is 4.37. The van der Waals surface area contributed by atoms with Crippen LogP contribution in [0.4, 0.5) is 0 Å². The van der Waals surface area contributed by atoms with E-state index in [9.17, 15) is 4.79 Å². The lowest BCUT2D eigenvalue weighted by Crippen LogP contribution is -2.36. The molecule has 4 heteroatoms. The summed E-state index contributed by atoms with van der Waals surface area (Å²) in [6.07, 6.45) is 1.94. The maximum Gasteiger partial charge on any atom is 0.287 e. The van der Waals surface area contributed by atoms with Crippen LogP contribution in [0.2, 0.25) is 0 Å². The fraction of sp³-hybridized carbons (Fsp3) is 0.545. The number of hydrogen-bond acceptors (Lipinski definition) is 3. The Labute approximate surface area is 89.8 Å². The summed E-state index contributed by atoms with van der Waals surface area (Å²) in [6, 6.07) is 3.45. The van der Waals surface area contributed by atoms with Crippen LogP contribution in [0.1, 0.15) is 36.1 Å². The van der Waals surface area contributed by atoms with Crippen LogP contribution in [0.25, 0.3) is 0 Å². The zero-order chi connectivity index (χ0) is 11.3. The highest BCUT2D eigenvalue weighted by Gasteiger charge is 2.10. The van der Waals surface area contributed by atoms with Crippen molar-refractivity contribution in [3.05, 3.63) is 23.7 Å². The van der Waals surface area contributed by atoms with Crippen molar-refractivity contribution < 1.29 is 9.21 Å². The van der Waals surface area contributed by atoms with Crippen molar-refractivity contribution in [3.63, 3.8) is 0 Å². The number of carbonyl (C=O) groups is 1. The molecule has 3 N–H and O–H groups in total. The number of nitrogens with two attached hydrogens (primary N) is 1. The minimum absolute atomic E-state index is 0.0232. The van der Waals surface area contributed by atoms with E-state index >= 15 is 0 Å². The summed E-state index contributed by atoms with van der Waals surface area (Å²) in [6.45, 7) is 4.36. The first kappa shape index (κ1) is 11.8. The monoisotopic (exact) mass is 210 g/mol. The molecule has 0 aliphatic heterocycles. The number of amides is 1. The van der Waals surface area contributed by atoms with Crippen LogP contribution in [0.3, 0.4) is 0 Å². The molecule has 0 saturated heterocycles. The first-order valence-corrected chi connectivity index (χ1v) is 5.23. The molecule has 1 aromatic rings. The molecule has 0 saturated carbocycles. The lowest BCUT2D eigenvalue weighted by molar-refractivity contribution is 0.0921. The van der Waals surface area contributed by atoms with E-state index < -0.39 is 0 Å². The maximum atomic E-state index is 11.5. The van der Waals surface area contributed by atoms with E-state index in [0.717, 1.165) is 18.6 Å². The molecule has 1 aromatic heterocycles. The molecule has 0 radical (unpaired) electrons. The summed E-state index contributed by atoms with van der Waals surface area (Å²) in [5.74, 6) is 0.879. The van der Waals surface area contributed by atoms with E-state index in [1.165, 1.54) is 0 Å². The predicted molar refractivity (Wildman–Crippen MR) is 58.7 cm³/mol. The quantitative estimate of drug-likeness (QED) is 0.772. The number of carbonyl (C=O) groups excluding carboxylic acids is 1. The van der Waals surface area contributed by atoms with Crippen LogP contribution in [0.5, 0.6) is 0 Å². The molecule has 84 valence electrons. The summed E-state index contributed by atoms with van der Waals surface area (Å²) in [4.78, 5) is 11.5. The van der Waals surface area contributed by atoms with Crippen molar-refractivity contribution >= 4 is 5.91 Å². The summed E-state index contributed by atoms with van der Waals surface area (Å²) >= 11 is 0. The molecule has 0 spiro atoms. The van der Waals surface area contributed by atoms with Gasteiger partial charge in [0, 0.05) is 12.6 Å². The van der Waals surface area contributed by atoms with E-state index in [1.807, 2.05) is 0 Å². The Morgan fingerprint density at radius 2 is 2.33 bits per heavy atom. The fourth-order valence-electron chi connectivity index (χ4n) is 1.34. The van der Waals surface area contributed by atoms with Crippen LogP contribution < -0.4 is 11.1 Å². The van der Waals surface area contributed by atoms with Crippen molar-refractivity contribution in [3.8, 4) is 0 Å². The molecule has 0 fully saturated rings. The molecule has 15 heavy (non-hydrogen) atoms. The molecule has 1 rings (SSSR count). The van der Waals surface area contributed by atoms with Gasteiger partial charge in [0.1, 0.15) is 5.76 Å². The number of hydrogen-bond donors (Lipinski definition) is 2. The Morgan fingerprint density at radius 1 is 1.60 bits per heavy atom. The predicted octanol–water partition coefficient (Wildman–Crippen LogP) is 1.45. The third kappa shape index (κ3) is 3.75. The van der Waals surface area contributed by atoms with Crippen molar-refractivity contribution in [2.24, 2.45) is 5.73 Å². The molecule has 4 nitrogen and oxygen atoms in total. The summed E-state index contributed by atoms with van der Waals surface area (Å²) in [5, 5.41) is 2.74. The normalized spacial score (nSPS) is 12.5. The second-order valence-electron chi connectivity index (χ2n) is 3.67. The van der Waals surface area contributed by atoms with Crippen molar-refractivity contribution in [2.75, 3.05) is 6.54 Å². The molecule has 0 aliphatic carbocycles. The van der Waals surface area contributed by atoms with Gasteiger partial charge < -0.3 is 15.5 Å². The summed E-state index contributed by atoms with van der Waals surface area (Å²) in [7, 11) is 0. The van der Waals surface area contributed by atoms with Gasteiger partial charge in [0.15, 0.2) is 5.76 Å². The minimum Gasteiger partial charge on any atom is -0.456 e. The SMILES string of the molecule is CCCC(N)CNC(=O)c1ccc(C)o1. The highest BCUT2D eigenvalue weighted by Crippen LogP contribution is 2.05. The first-order valence-electron chi connectivity index (χ1n) is 5.23. The van der Waals surface area contributed by atoms with Gasteiger partial charge in [-0.1, -0.05) is 13.3 Å². The largest absolute Gasteiger partial charge is 0.456 e. The lowest BCUT2D eigenvalue weighted by atomic mass is 10.2. The highest BCUT2D eigenvalue weighted by molar-refractivity contribution is 5.91. The average molecular weight is 210 g/mol. The van der Waals surface area contributed by atoms with Crippen molar-refractivity contribution in [1.82, 2.24) is 5.32 Å². The van der Waals surface area contributed by atoms with Crippen LogP contribution in [-0.2, 0) is 0 Å². The molecule has 0 aromatic carbocycles. The number of nitrogens with one attached hydrogen (secondary N) is 1. The second-order valence-corrected chi connectivity index (χ2v) is 3.67. The standard InChI is InChI=1S/C11H18N2O2/c1-3-4-9(12)7-13-11(14)10-6-5-8(2)15-10/h5-6,9H,3-4,7,12H2,1-2H3,(H,13,14). The third-order valence-electron chi connectivity index (χ3n) is 2.15. The van der Waals surface area contributed by atoms with Crippen LogP contribution in [0.15, 0.2) is 16.5 Å². The number of aryl methyl sites for hydroxylation is 1. The van der Waals surface area contributed by atoms with Gasteiger partial charge in [-0.3, -0.25) is 4.79 Å². The maximum absolute atomic E-state index is 11.5. The topological polar surface area (TPSA) is 68.3 Å². The smallest absolute Gasteiger partial charge is 0.287 e. The van der Waals surface area contributed by atoms with Crippen LogP contribution in [0, 0.1) is 6.92 Å². The zero-order valence-electron chi connectivity index (χ0n) is 9.25. The minimum atomic E-state index is -0.199. The molecule has 1 heterocycles. The molecular weight excluding hydrogens is 192 g/mol. The molecule has 1 atom stereocenters. The van der Waals surface area contributed by atoms with Gasteiger partial charge in [-0.15, -0.1) is 0 Å². The molecule has 1 unspecified atom stereocenters. The molecule has 1 amide bonds. The van der Waals surface area contributed by atoms with E-state index in [1.54, 1.807) is 19.1 Å². The van der Waals surface area contributed by atoms with Gasteiger partial charge in [0.25, 0.3) is 5.91 Å². The first-order chi connectivity index (χ1) is 7.13. The van der Waals surface area contributed by atoms with Gasteiger partial charge >= 0.3 is 0 Å². The summed E-state index contributed by atoms with van der Waals surface area (Å²) < 4.78 is 5.18. The Balaban J connectivity index is 2.36. The van der Waals surface area contributed by atoms with E-state index in [-0.39, 0.29) is 11.9 Å². The van der Waals surface area contributed by atoms with Gasteiger partial charge in [0.2, 0.25) is 0 Å². The highest BCUT2D eigenvalue weighted by atomic mass is 16.3. The zero-order valence-corrected chi connectivity index (χ0v) is 9.25. The Bertz CT molecular complexity index is 320. The van der Waals surface area contributed by atoms with Gasteiger partial charge in [-0.05, 0) is 25.5 Å². The lowest BCUT2D eigenvalue weighted by Gasteiger charge is -2.10. The van der Waals surface area contributed by atoms with E-state index in [2.05, 4.69) is 12.2 Å². The van der Waals surface area contributed by atoms with Crippen LogP contribution >= 0.6 is 0 Å². The third-order valence-corrected chi connectivity index (χ3v) is 2.15. The Hall–Kier alpha value is -1.29. The molecule has 0 aliphatic rings.